The Hall–Kier alpha value is -3.55. The summed E-state index contributed by atoms with van der Waals surface area (Å²) in [5, 5.41) is 12.5. The molecule has 8 heteroatoms. The number of benzene rings is 2. The topological polar surface area (TPSA) is 80.8 Å². The molecule has 0 aliphatic carbocycles. The Morgan fingerprint density at radius 1 is 0.966 bits per heavy atom. The fourth-order valence-electron chi connectivity index (χ4n) is 4.01. The van der Waals surface area contributed by atoms with E-state index in [1.54, 1.807) is 14.2 Å². The van der Waals surface area contributed by atoms with Crippen LogP contribution in [0.15, 0.2) is 53.3 Å². The first kappa shape index (κ1) is 18.8. The highest BCUT2D eigenvalue weighted by Gasteiger charge is 2.30. The summed E-state index contributed by atoms with van der Waals surface area (Å²) >= 11 is 0. The molecule has 29 heavy (non-hydrogen) atoms. The number of para-hydroxylation sites is 3. The second kappa shape index (κ2) is 7.46. The first-order chi connectivity index (χ1) is 14.0. The van der Waals surface area contributed by atoms with Crippen LogP contribution in [0.2, 0.25) is 0 Å². The molecule has 8 nitrogen and oxygen atoms in total. The van der Waals surface area contributed by atoms with Gasteiger partial charge in [-0.1, -0.05) is 30.3 Å². The maximum Gasteiger partial charge on any atom is 0.357 e. The van der Waals surface area contributed by atoms with E-state index < -0.39 is 10.5 Å². The summed E-state index contributed by atoms with van der Waals surface area (Å²) in [6, 6.07) is 15.1. The maximum atomic E-state index is 12.7. The summed E-state index contributed by atoms with van der Waals surface area (Å²) < 4.78 is 6.81. The van der Waals surface area contributed by atoms with Gasteiger partial charge in [0, 0.05) is 38.6 Å². The Morgan fingerprint density at radius 2 is 1.59 bits per heavy atom. The average molecular weight is 394 g/mol. The van der Waals surface area contributed by atoms with Crippen molar-refractivity contribution in [3.05, 3.63) is 69.0 Å². The monoisotopic (exact) mass is 394 g/mol. The van der Waals surface area contributed by atoms with Crippen molar-refractivity contribution in [1.82, 2.24) is 4.57 Å². The average Bonchev–Trinajstić information content (AvgIpc) is 2.76. The van der Waals surface area contributed by atoms with E-state index in [0.29, 0.717) is 42.8 Å². The van der Waals surface area contributed by atoms with E-state index in [9.17, 15) is 14.9 Å². The molecule has 1 aliphatic heterocycles. The largest absolute Gasteiger partial charge is 0.495 e. The van der Waals surface area contributed by atoms with E-state index in [1.165, 1.54) is 4.57 Å². The Kier molecular flexibility index (Phi) is 4.84. The van der Waals surface area contributed by atoms with E-state index in [4.69, 9.17) is 4.74 Å². The predicted molar refractivity (Wildman–Crippen MR) is 113 cm³/mol. The Morgan fingerprint density at radius 3 is 2.28 bits per heavy atom. The first-order valence-corrected chi connectivity index (χ1v) is 9.42. The molecular formula is C21H22N4O4. The van der Waals surface area contributed by atoms with Gasteiger partial charge in [-0.05, 0) is 18.2 Å². The highest BCUT2D eigenvalue weighted by atomic mass is 16.6. The molecule has 1 fully saturated rings. The van der Waals surface area contributed by atoms with Gasteiger partial charge in [0.15, 0.2) is 0 Å². The third-order valence-corrected chi connectivity index (χ3v) is 5.46. The fourth-order valence-corrected chi connectivity index (χ4v) is 4.01. The van der Waals surface area contributed by atoms with Gasteiger partial charge in [-0.2, -0.15) is 0 Å². The Labute approximate surface area is 167 Å². The molecule has 1 saturated heterocycles. The van der Waals surface area contributed by atoms with Crippen LogP contribution in [0, 0.1) is 10.1 Å². The van der Waals surface area contributed by atoms with Crippen molar-refractivity contribution >= 4 is 28.0 Å². The van der Waals surface area contributed by atoms with E-state index in [2.05, 4.69) is 4.90 Å². The summed E-state index contributed by atoms with van der Waals surface area (Å²) in [5.41, 5.74) is 1.14. The van der Waals surface area contributed by atoms with Crippen LogP contribution in [0.3, 0.4) is 0 Å². The van der Waals surface area contributed by atoms with Crippen molar-refractivity contribution < 1.29 is 9.66 Å². The number of methoxy groups -OCH3 is 1. The van der Waals surface area contributed by atoms with Crippen LogP contribution in [0.4, 0.5) is 17.1 Å². The van der Waals surface area contributed by atoms with Gasteiger partial charge in [0.05, 0.1) is 23.2 Å². The molecule has 0 N–H and O–H groups in total. The van der Waals surface area contributed by atoms with Crippen molar-refractivity contribution in [3.63, 3.8) is 0 Å². The summed E-state index contributed by atoms with van der Waals surface area (Å²) in [6.45, 7) is 2.47. The SMILES string of the molecule is COc1ccccc1N1CCN(c2c([N+](=O)[O-])c(=O)n(C)c3ccccc23)CC1. The zero-order valence-electron chi connectivity index (χ0n) is 16.4. The fraction of sp³-hybridized carbons (Fsp3) is 0.286. The lowest BCUT2D eigenvalue weighted by molar-refractivity contribution is -0.385. The molecular weight excluding hydrogens is 372 g/mol. The minimum atomic E-state index is -0.587. The Balaban J connectivity index is 1.74. The smallest absolute Gasteiger partial charge is 0.357 e. The number of fused-ring (bicyclic) bond motifs is 1. The normalized spacial score (nSPS) is 14.3. The lowest BCUT2D eigenvalue weighted by atomic mass is 10.1. The molecule has 0 amide bonds. The van der Waals surface area contributed by atoms with E-state index in [1.807, 2.05) is 53.4 Å². The molecule has 0 bridgehead atoms. The number of aryl methyl sites for hydroxylation is 1. The number of anilines is 2. The van der Waals surface area contributed by atoms with Gasteiger partial charge in [0.2, 0.25) is 0 Å². The number of hydrogen-bond acceptors (Lipinski definition) is 6. The third kappa shape index (κ3) is 3.16. The molecule has 0 saturated carbocycles. The first-order valence-electron chi connectivity index (χ1n) is 9.42. The molecule has 150 valence electrons. The molecule has 0 unspecified atom stereocenters. The number of pyridine rings is 1. The molecule has 0 atom stereocenters. The molecule has 2 heterocycles. The summed E-state index contributed by atoms with van der Waals surface area (Å²) in [5.74, 6) is 0.797. The van der Waals surface area contributed by atoms with Crippen LogP contribution in [0.1, 0.15) is 0 Å². The standard InChI is InChI=1S/C21H22N4O4/c1-22-16-8-4-3-7-15(16)19(20(21(22)26)25(27)28)24-13-11-23(12-14-24)17-9-5-6-10-18(17)29-2/h3-10H,11-14H2,1-2H3. The van der Waals surface area contributed by atoms with E-state index in [-0.39, 0.29) is 5.69 Å². The molecule has 4 rings (SSSR count). The number of rotatable bonds is 4. The van der Waals surface area contributed by atoms with Gasteiger partial charge in [-0.3, -0.25) is 14.9 Å². The second-order valence-electron chi connectivity index (χ2n) is 6.98. The lowest BCUT2D eigenvalue weighted by Gasteiger charge is -2.37. The van der Waals surface area contributed by atoms with Gasteiger partial charge < -0.3 is 19.1 Å². The Bertz CT molecular complexity index is 1130. The zero-order chi connectivity index (χ0) is 20.5. The molecule has 0 radical (unpaired) electrons. The number of aromatic nitrogens is 1. The molecule has 2 aromatic carbocycles. The summed E-state index contributed by atoms with van der Waals surface area (Å²) in [7, 11) is 3.21. The zero-order valence-corrected chi connectivity index (χ0v) is 16.4. The molecule has 1 aliphatic rings. The minimum Gasteiger partial charge on any atom is -0.495 e. The van der Waals surface area contributed by atoms with E-state index in [0.717, 1.165) is 11.4 Å². The third-order valence-electron chi connectivity index (χ3n) is 5.46. The molecule has 0 spiro atoms. The van der Waals surface area contributed by atoms with Gasteiger partial charge >= 0.3 is 11.2 Å². The second-order valence-corrected chi connectivity index (χ2v) is 6.98. The van der Waals surface area contributed by atoms with Gasteiger partial charge in [0.25, 0.3) is 0 Å². The predicted octanol–water partition coefficient (Wildman–Crippen LogP) is 2.78. The van der Waals surface area contributed by atoms with Crippen LogP contribution in [-0.4, -0.2) is 42.8 Å². The maximum absolute atomic E-state index is 12.7. The van der Waals surface area contributed by atoms with Crippen molar-refractivity contribution in [2.45, 2.75) is 0 Å². The number of piperazine rings is 1. The lowest BCUT2D eigenvalue weighted by Crippen LogP contribution is -2.47. The number of hydrogen-bond donors (Lipinski definition) is 0. The van der Waals surface area contributed by atoms with Crippen LogP contribution in [-0.2, 0) is 7.05 Å². The number of nitrogens with zero attached hydrogens (tertiary/aromatic N) is 4. The van der Waals surface area contributed by atoms with Crippen molar-refractivity contribution in [1.29, 1.82) is 0 Å². The van der Waals surface area contributed by atoms with Crippen molar-refractivity contribution in [2.75, 3.05) is 43.1 Å². The highest BCUT2D eigenvalue weighted by Crippen LogP contribution is 2.35. The number of ether oxygens (including phenoxy) is 1. The summed E-state index contributed by atoms with van der Waals surface area (Å²) in [6.07, 6.45) is 0. The quantitative estimate of drug-likeness (QED) is 0.500. The highest BCUT2D eigenvalue weighted by molar-refractivity contribution is 5.96. The summed E-state index contributed by atoms with van der Waals surface area (Å²) in [4.78, 5) is 28.1. The molecule has 3 aromatic rings. The van der Waals surface area contributed by atoms with Crippen molar-refractivity contribution in [3.8, 4) is 5.75 Å². The van der Waals surface area contributed by atoms with Gasteiger partial charge in [-0.25, -0.2) is 0 Å². The minimum absolute atomic E-state index is 0.364. The van der Waals surface area contributed by atoms with Gasteiger partial charge in [-0.15, -0.1) is 0 Å². The van der Waals surface area contributed by atoms with Crippen LogP contribution in [0.25, 0.3) is 10.9 Å². The van der Waals surface area contributed by atoms with Crippen LogP contribution >= 0.6 is 0 Å². The molecule has 1 aromatic heterocycles. The van der Waals surface area contributed by atoms with Gasteiger partial charge in [0.1, 0.15) is 11.4 Å². The van der Waals surface area contributed by atoms with E-state index >= 15 is 0 Å². The van der Waals surface area contributed by atoms with Crippen LogP contribution in [0.5, 0.6) is 5.75 Å². The van der Waals surface area contributed by atoms with Crippen molar-refractivity contribution in [2.24, 2.45) is 7.05 Å². The number of nitro groups is 1. The van der Waals surface area contributed by atoms with Crippen LogP contribution < -0.4 is 20.1 Å².